The summed E-state index contributed by atoms with van der Waals surface area (Å²) in [6.45, 7) is 3.79. The quantitative estimate of drug-likeness (QED) is 0.508. The van der Waals surface area contributed by atoms with E-state index >= 15 is 0 Å². The smallest absolute Gasteiger partial charge is 0.267 e. The van der Waals surface area contributed by atoms with Gasteiger partial charge in [0, 0.05) is 0 Å². The van der Waals surface area contributed by atoms with Gasteiger partial charge in [0.25, 0.3) is 6.43 Å². The molecule has 0 unspecified atom stereocenters. The van der Waals surface area contributed by atoms with E-state index in [1.165, 1.54) is 37.5 Å². The first-order valence-corrected chi connectivity index (χ1v) is 8.30. The van der Waals surface area contributed by atoms with Crippen LogP contribution in [0.2, 0.25) is 0 Å². The lowest BCUT2D eigenvalue weighted by molar-refractivity contribution is 0.143. The molecule has 2 rings (SSSR count). The van der Waals surface area contributed by atoms with Gasteiger partial charge in [-0.1, -0.05) is 50.1 Å². The van der Waals surface area contributed by atoms with Crippen molar-refractivity contribution >= 4 is 0 Å². The van der Waals surface area contributed by atoms with E-state index in [9.17, 15) is 13.2 Å². The van der Waals surface area contributed by atoms with Crippen molar-refractivity contribution < 1.29 is 17.9 Å². The normalized spacial score (nSPS) is 11.1. The van der Waals surface area contributed by atoms with Gasteiger partial charge in [-0.05, 0) is 42.5 Å². The van der Waals surface area contributed by atoms with E-state index in [1.807, 2.05) is 24.3 Å². The fraction of sp³-hybridized carbons (Fsp3) is 0.400. The van der Waals surface area contributed by atoms with Crippen LogP contribution in [0.3, 0.4) is 0 Å². The number of halogens is 3. The maximum Gasteiger partial charge on any atom is 0.267 e. The van der Waals surface area contributed by atoms with Gasteiger partial charge in [0.05, 0.1) is 5.56 Å². The summed E-state index contributed by atoms with van der Waals surface area (Å²) in [5, 5.41) is 0. The molecule has 0 amide bonds. The van der Waals surface area contributed by atoms with Crippen molar-refractivity contribution in [2.24, 2.45) is 0 Å². The molecule has 0 radical (unpaired) electrons. The minimum absolute atomic E-state index is 0.136. The van der Waals surface area contributed by atoms with E-state index in [4.69, 9.17) is 4.74 Å². The Morgan fingerprint density at radius 3 is 2.25 bits per heavy atom. The van der Waals surface area contributed by atoms with Crippen LogP contribution < -0.4 is 4.74 Å². The highest BCUT2D eigenvalue weighted by atomic mass is 19.3. The Hall–Kier alpha value is -1.97. The first-order chi connectivity index (χ1) is 11.5. The number of unbranched alkanes of at least 4 members (excludes halogenated alkanes) is 2. The van der Waals surface area contributed by atoms with Crippen LogP contribution in [0.25, 0.3) is 0 Å². The van der Waals surface area contributed by atoms with Crippen molar-refractivity contribution in [1.82, 2.24) is 0 Å². The largest absolute Gasteiger partial charge is 0.486 e. The molecule has 130 valence electrons. The molecule has 0 bridgehead atoms. The standard InChI is InChI=1S/C20H23F3O/c1-3-4-5-6-15-8-10-16(11-9-15)13-24-17-12-7-14(2)18(19(17)21)20(22)23/h7-12,20H,3-6,13H2,1-2H3. The van der Waals surface area contributed by atoms with E-state index in [1.54, 1.807) is 0 Å². The first-order valence-electron chi connectivity index (χ1n) is 8.30. The average molecular weight is 336 g/mol. The first kappa shape index (κ1) is 18.4. The summed E-state index contributed by atoms with van der Waals surface area (Å²) < 4.78 is 45.3. The number of aryl methyl sites for hydroxylation is 2. The van der Waals surface area contributed by atoms with Gasteiger partial charge in [0.1, 0.15) is 6.61 Å². The fourth-order valence-electron chi connectivity index (χ4n) is 2.59. The molecule has 24 heavy (non-hydrogen) atoms. The number of alkyl halides is 2. The van der Waals surface area contributed by atoms with E-state index in [0.717, 1.165) is 18.4 Å². The average Bonchev–Trinajstić information content (AvgIpc) is 2.55. The molecule has 2 aromatic rings. The van der Waals surface area contributed by atoms with Gasteiger partial charge in [-0.2, -0.15) is 0 Å². The third-order valence-corrected chi connectivity index (χ3v) is 4.07. The monoisotopic (exact) mass is 336 g/mol. The van der Waals surface area contributed by atoms with Crippen LogP contribution in [0, 0.1) is 12.7 Å². The summed E-state index contributed by atoms with van der Waals surface area (Å²) in [5.41, 5.74) is 1.78. The summed E-state index contributed by atoms with van der Waals surface area (Å²) in [6.07, 6.45) is 1.76. The summed E-state index contributed by atoms with van der Waals surface area (Å²) >= 11 is 0. The molecule has 0 N–H and O–H groups in total. The lowest BCUT2D eigenvalue weighted by Crippen LogP contribution is -2.02. The van der Waals surface area contributed by atoms with Crippen molar-refractivity contribution in [1.29, 1.82) is 0 Å². The van der Waals surface area contributed by atoms with Gasteiger partial charge >= 0.3 is 0 Å². The molecular formula is C20H23F3O. The second-order valence-electron chi connectivity index (χ2n) is 5.97. The van der Waals surface area contributed by atoms with Gasteiger partial charge < -0.3 is 4.74 Å². The lowest BCUT2D eigenvalue weighted by atomic mass is 10.1. The van der Waals surface area contributed by atoms with Gasteiger partial charge in [0.2, 0.25) is 0 Å². The third-order valence-electron chi connectivity index (χ3n) is 4.07. The second kappa shape index (κ2) is 8.76. The Balaban J connectivity index is 1.99. The van der Waals surface area contributed by atoms with E-state index in [2.05, 4.69) is 6.92 Å². The van der Waals surface area contributed by atoms with E-state index < -0.39 is 17.8 Å². The predicted molar refractivity (Wildman–Crippen MR) is 90.1 cm³/mol. The molecular weight excluding hydrogens is 313 g/mol. The number of hydrogen-bond donors (Lipinski definition) is 0. The lowest BCUT2D eigenvalue weighted by Gasteiger charge is -2.12. The predicted octanol–water partition coefficient (Wildman–Crippen LogP) is 6.38. The Morgan fingerprint density at radius 1 is 0.958 bits per heavy atom. The van der Waals surface area contributed by atoms with Crippen molar-refractivity contribution in [3.63, 3.8) is 0 Å². The minimum atomic E-state index is -2.85. The Labute approximate surface area is 141 Å². The van der Waals surface area contributed by atoms with Crippen molar-refractivity contribution in [3.05, 3.63) is 64.5 Å². The summed E-state index contributed by atoms with van der Waals surface area (Å²) in [4.78, 5) is 0. The molecule has 1 nitrogen and oxygen atoms in total. The molecule has 0 aromatic heterocycles. The number of rotatable bonds is 8. The van der Waals surface area contributed by atoms with E-state index in [-0.39, 0.29) is 17.9 Å². The minimum Gasteiger partial charge on any atom is -0.486 e. The molecule has 0 atom stereocenters. The zero-order chi connectivity index (χ0) is 17.5. The van der Waals surface area contributed by atoms with Crippen LogP contribution in [-0.4, -0.2) is 0 Å². The number of hydrogen-bond acceptors (Lipinski definition) is 1. The van der Waals surface area contributed by atoms with E-state index in [0.29, 0.717) is 0 Å². The maximum atomic E-state index is 14.1. The molecule has 0 heterocycles. The molecule has 4 heteroatoms. The van der Waals surface area contributed by atoms with Crippen LogP contribution in [0.1, 0.15) is 54.9 Å². The molecule has 0 fully saturated rings. The van der Waals surface area contributed by atoms with Crippen LogP contribution in [0.5, 0.6) is 5.75 Å². The fourth-order valence-corrected chi connectivity index (χ4v) is 2.59. The maximum absolute atomic E-state index is 14.1. The zero-order valence-corrected chi connectivity index (χ0v) is 14.1. The molecule has 2 aromatic carbocycles. The van der Waals surface area contributed by atoms with Crippen molar-refractivity contribution in [2.75, 3.05) is 0 Å². The second-order valence-corrected chi connectivity index (χ2v) is 5.97. The van der Waals surface area contributed by atoms with Gasteiger partial charge in [-0.3, -0.25) is 0 Å². The summed E-state index contributed by atoms with van der Waals surface area (Å²) in [6, 6.07) is 10.8. The molecule has 0 spiro atoms. The molecule has 0 aliphatic carbocycles. The highest BCUT2D eigenvalue weighted by Gasteiger charge is 2.20. The Bertz CT molecular complexity index is 651. The molecule has 0 saturated heterocycles. The van der Waals surface area contributed by atoms with Gasteiger partial charge in [-0.15, -0.1) is 0 Å². The topological polar surface area (TPSA) is 9.23 Å². The third kappa shape index (κ3) is 4.76. The summed E-state index contributed by atoms with van der Waals surface area (Å²) in [7, 11) is 0. The van der Waals surface area contributed by atoms with Gasteiger partial charge in [-0.25, -0.2) is 13.2 Å². The SMILES string of the molecule is CCCCCc1ccc(COc2ccc(C)c(C(F)F)c2F)cc1. The van der Waals surface area contributed by atoms with Crippen LogP contribution in [0.4, 0.5) is 13.2 Å². The molecule has 0 saturated carbocycles. The molecule has 0 aliphatic heterocycles. The molecule has 0 aliphatic rings. The highest BCUT2D eigenvalue weighted by Crippen LogP contribution is 2.31. The van der Waals surface area contributed by atoms with Crippen molar-refractivity contribution in [2.45, 2.75) is 52.6 Å². The Kier molecular flexibility index (Phi) is 6.71. The Morgan fingerprint density at radius 2 is 1.62 bits per heavy atom. The number of benzene rings is 2. The van der Waals surface area contributed by atoms with Gasteiger partial charge in [0.15, 0.2) is 11.6 Å². The van der Waals surface area contributed by atoms with Crippen LogP contribution in [0.15, 0.2) is 36.4 Å². The zero-order valence-electron chi connectivity index (χ0n) is 14.1. The van der Waals surface area contributed by atoms with Crippen molar-refractivity contribution in [3.8, 4) is 5.75 Å². The number of ether oxygens (including phenoxy) is 1. The van der Waals surface area contributed by atoms with Crippen LogP contribution >= 0.6 is 0 Å². The highest BCUT2D eigenvalue weighted by molar-refractivity contribution is 5.38. The van der Waals surface area contributed by atoms with Crippen LogP contribution in [-0.2, 0) is 13.0 Å². The summed E-state index contributed by atoms with van der Waals surface area (Å²) in [5.74, 6) is -1.11.